The maximum Gasteiger partial charge on any atom is 0.241 e. The monoisotopic (exact) mass is 413 g/mol. The highest BCUT2D eigenvalue weighted by molar-refractivity contribution is 6.32. The molecule has 2 saturated heterocycles. The van der Waals surface area contributed by atoms with Crippen LogP contribution in [0.3, 0.4) is 0 Å². The number of nitrogens with one attached hydrogen (secondary N) is 2. The molecule has 6 heteroatoms. The second-order valence-electron chi connectivity index (χ2n) is 7.80. The van der Waals surface area contributed by atoms with Crippen molar-refractivity contribution in [2.24, 2.45) is 0 Å². The maximum absolute atomic E-state index is 12.4. The van der Waals surface area contributed by atoms with Crippen LogP contribution in [0.25, 0.3) is 0 Å². The zero-order chi connectivity index (χ0) is 20.1. The van der Waals surface area contributed by atoms with Gasteiger partial charge in [-0.05, 0) is 62.6 Å². The zero-order valence-electron chi connectivity index (χ0n) is 16.6. The minimum Gasteiger partial charge on any atom is -0.487 e. The number of carbonyl (C=O) groups is 1. The summed E-state index contributed by atoms with van der Waals surface area (Å²) in [6.07, 6.45) is 5.27. The van der Waals surface area contributed by atoms with E-state index in [9.17, 15) is 4.79 Å². The smallest absolute Gasteiger partial charge is 0.241 e. The first kappa shape index (κ1) is 20.0. The number of para-hydroxylation sites is 1. The number of amides is 1. The third-order valence-corrected chi connectivity index (χ3v) is 5.91. The summed E-state index contributed by atoms with van der Waals surface area (Å²) >= 11 is 6.47. The first-order chi connectivity index (χ1) is 14.2. The molecule has 2 aromatic rings. The molecule has 0 saturated carbocycles. The number of carbonyl (C=O) groups excluding carboxylic acids is 1. The highest BCUT2D eigenvalue weighted by Gasteiger charge is 2.23. The van der Waals surface area contributed by atoms with Crippen LogP contribution in [-0.4, -0.2) is 37.7 Å². The second kappa shape index (κ2) is 9.51. The predicted molar refractivity (Wildman–Crippen MR) is 118 cm³/mol. The summed E-state index contributed by atoms with van der Waals surface area (Å²) < 4.78 is 6.22. The van der Waals surface area contributed by atoms with Crippen LogP contribution in [-0.2, 0) is 4.79 Å². The molecular formula is C23H28ClN3O2. The van der Waals surface area contributed by atoms with E-state index in [0.717, 1.165) is 51.7 Å². The van der Waals surface area contributed by atoms with Crippen LogP contribution in [0.15, 0.2) is 48.5 Å². The maximum atomic E-state index is 12.4. The predicted octanol–water partition coefficient (Wildman–Crippen LogP) is 4.47. The third-order valence-electron chi connectivity index (χ3n) is 5.62. The van der Waals surface area contributed by atoms with Gasteiger partial charge in [0.25, 0.3) is 0 Å². The number of hydrogen-bond donors (Lipinski definition) is 2. The number of benzene rings is 2. The van der Waals surface area contributed by atoms with Gasteiger partial charge in [-0.2, -0.15) is 0 Å². The summed E-state index contributed by atoms with van der Waals surface area (Å²) in [5.41, 5.74) is 1.93. The number of halogens is 1. The summed E-state index contributed by atoms with van der Waals surface area (Å²) in [6, 6.07) is 15.8. The Morgan fingerprint density at radius 2 is 1.97 bits per heavy atom. The first-order valence-electron chi connectivity index (χ1n) is 10.5. The van der Waals surface area contributed by atoms with Gasteiger partial charge in [-0.1, -0.05) is 36.2 Å². The largest absolute Gasteiger partial charge is 0.487 e. The van der Waals surface area contributed by atoms with Gasteiger partial charge in [0, 0.05) is 17.9 Å². The summed E-state index contributed by atoms with van der Waals surface area (Å²) in [5.74, 6) is 0.667. The number of nitrogens with zero attached hydrogens (tertiary/aromatic N) is 1. The molecule has 2 aliphatic rings. The fourth-order valence-corrected chi connectivity index (χ4v) is 4.29. The van der Waals surface area contributed by atoms with E-state index in [1.54, 1.807) is 6.07 Å². The van der Waals surface area contributed by atoms with Crippen LogP contribution in [0, 0.1) is 0 Å². The van der Waals surface area contributed by atoms with Gasteiger partial charge in [0.1, 0.15) is 11.9 Å². The SMILES string of the molecule is O=C(Nc1ccc(O[C@H]2CCCN(c3ccccc3)C2)c(Cl)c1)[C@H]1CCCCN1. The molecule has 2 fully saturated rings. The van der Waals surface area contributed by atoms with Gasteiger partial charge in [0.15, 0.2) is 0 Å². The van der Waals surface area contributed by atoms with Crippen LogP contribution in [0.4, 0.5) is 11.4 Å². The standard InChI is InChI=1S/C23H28ClN3O2/c24-20-15-17(26-23(28)21-10-4-5-13-25-21)11-12-22(20)29-19-9-6-14-27(16-19)18-7-2-1-3-8-18/h1-3,7-8,11-12,15,19,21,25H,4-6,9-10,13-14,16H2,(H,26,28)/t19-,21+/m0/s1. The summed E-state index contributed by atoms with van der Waals surface area (Å²) in [6.45, 7) is 2.77. The molecule has 29 heavy (non-hydrogen) atoms. The van der Waals surface area contributed by atoms with Crippen molar-refractivity contribution in [3.8, 4) is 5.75 Å². The van der Waals surface area contributed by atoms with Gasteiger partial charge < -0.3 is 20.3 Å². The second-order valence-corrected chi connectivity index (χ2v) is 8.21. The van der Waals surface area contributed by atoms with Crippen molar-refractivity contribution in [1.29, 1.82) is 0 Å². The Balaban J connectivity index is 1.36. The van der Waals surface area contributed by atoms with Crippen LogP contribution >= 0.6 is 11.6 Å². The minimum absolute atomic E-state index is 0.000202. The molecule has 0 bridgehead atoms. The van der Waals surface area contributed by atoms with E-state index in [1.807, 2.05) is 18.2 Å². The van der Waals surface area contributed by atoms with Crippen LogP contribution in [0.5, 0.6) is 5.75 Å². The van der Waals surface area contributed by atoms with E-state index in [2.05, 4.69) is 39.8 Å². The van der Waals surface area contributed by atoms with Crippen LogP contribution < -0.4 is 20.3 Å². The Labute approximate surface area is 177 Å². The average molecular weight is 414 g/mol. The summed E-state index contributed by atoms with van der Waals surface area (Å²) in [5, 5.41) is 6.75. The van der Waals surface area contributed by atoms with E-state index in [-0.39, 0.29) is 18.1 Å². The molecule has 0 aromatic heterocycles. The van der Waals surface area contributed by atoms with E-state index in [4.69, 9.17) is 16.3 Å². The number of ether oxygens (including phenoxy) is 1. The Bertz CT molecular complexity index is 824. The lowest BCUT2D eigenvalue weighted by Crippen LogP contribution is -2.43. The van der Waals surface area contributed by atoms with Gasteiger partial charge in [0.2, 0.25) is 5.91 Å². The van der Waals surface area contributed by atoms with Crippen molar-refractivity contribution < 1.29 is 9.53 Å². The Morgan fingerprint density at radius 1 is 1.10 bits per heavy atom. The fraction of sp³-hybridized carbons (Fsp3) is 0.435. The molecule has 154 valence electrons. The Kier molecular flexibility index (Phi) is 6.57. The molecule has 2 heterocycles. The van der Waals surface area contributed by atoms with Crippen molar-refractivity contribution in [3.63, 3.8) is 0 Å². The molecule has 1 amide bonds. The first-order valence-corrected chi connectivity index (χ1v) is 10.9. The van der Waals surface area contributed by atoms with Crippen molar-refractivity contribution in [1.82, 2.24) is 5.32 Å². The molecule has 2 atom stereocenters. The lowest BCUT2D eigenvalue weighted by atomic mass is 10.0. The molecule has 2 aliphatic heterocycles. The fourth-order valence-electron chi connectivity index (χ4n) is 4.07. The normalized spacial score (nSPS) is 22.2. The molecule has 0 spiro atoms. The molecule has 0 unspecified atom stereocenters. The minimum atomic E-state index is -0.121. The quantitative estimate of drug-likeness (QED) is 0.759. The molecule has 2 aromatic carbocycles. The number of piperidine rings is 2. The number of rotatable bonds is 5. The van der Waals surface area contributed by atoms with Crippen molar-refractivity contribution in [3.05, 3.63) is 53.6 Å². The lowest BCUT2D eigenvalue weighted by Gasteiger charge is -2.34. The molecule has 0 aliphatic carbocycles. The van der Waals surface area contributed by atoms with E-state index < -0.39 is 0 Å². The highest BCUT2D eigenvalue weighted by Crippen LogP contribution is 2.31. The van der Waals surface area contributed by atoms with E-state index in [1.165, 1.54) is 5.69 Å². The Morgan fingerprint density at radius 3 is 2.72 bits per heavy atom. The molecule has 0 radical (unpaired) electrons. The summed E-state index contributed by atoms with van der Waals surface area (Å²) in [4.78, 5) is 14.8. The van der Waals surface area contributed by atoms with Gasteiger partial charge >= 0.3 is 0 Å². The van der Waals surface area contributed by atoms with Crippen molar-refractivity contribution in [2.45, 2.75) is 44.2 Å². The van der Waals surface area contributed by atoms with Crippen molar-refractivity contribution in [2.75, 3.05) is 29.9 Å². The van der Waals surface area contributed by atoms with Crippen LogP contribution in [0.1, 0.15) is 32.1 Å². The molecule has 5 nitrogen and oxygen atoms in total. The van der Waals surface area contributed by atoms with Gasteiger partial charge in [0.05, 0.1) is 17.6 Å². The highest BCUT2D eigenvalue weighted by atomic mass is 35.5. The van der Waals surface area contributed by atoms with Gasteiger partial charge in [-0.25, -0.2) is 0 Å². The van der Waals surface area contributed by atoms with E-state index >= 15 is 0 Å². The van der Waals surface area contributed by atoms with Crippen LogP contribution in [0.2, 0.25) is 5.02 Å². The average Bonchev–Trinajstić information content (AvgIpc) is 2.77. The molecule has 2 N–H and O–H groups in total. The number of anilines is 2. The summed E-state index contributed by atoms with van der Waals surface area (Å²) in [7, 11) is 0. The topological polar surface area (TPSA) is 53.6 Å². The third kappa shape index (κ3) is 5.22. The Hall–Kier alpha value is -2.24. The lowest BCUT2D eigenvalue weighted by molar-refractivity contribution is -0.118. The van der Waals surface area contributed by atoms with E-state index in [0.29, 0.717) is 16.5 Å². The van der Waals surface area contributed by atoms with Gasteiger partial charge in [-0.15, -0.1) is 0 Å². The molecular weight excluding hydrogens is 386 g/mol. The molecule has 4 rings (SSSR count). The van der Waals surface area contributed by atoms with Crippen molar-refractivity contribution >= 4 is 28.9 Å². The van der Waals surface area contributed by atoms with Gasteiger partial charge in [-0.3, -0.25) is 4.79 Å². The number of hydrogen-bond acceptors (Lipinski definition) is 4. The zero-order valence-corrected chi connectivity index (χ0v) is 17.3.